The molecule has 4 rings (SSSR count). The predicted molar refractivity (Wildman–Crippen MR) is 119 cm³/mol. The highest BCUT2D eigenvalue weighted by atomic mass is 16.5. The van der Waals surface area contributed by atoms with Crippen LogP contribution in [0.4, 0.5) is 0 Å². The Hall–Kier alpha value is -0.940. The van der Waals surface area contributed by atoms with Gasteiger partial charge in [-0.2, -0.15) is 0 Å². The van der Waals surface area contributed by atoms with Crippen LogP contribution in [0.1, 0.15) is 73.6 Å². The van der Waals surface area contributed by atoms with Gasteiger partial charge < -0.3 is 20.1 Å². The molecule has 30 heavy (non-hydrogen) atoms. The molecule has 4 aliphatic carbocycles. The molecule has 0 amide bonds. The third kappa shape index (κ3) is 3.35. The Balaban J connectivity index is 1.63. The standard InChI is InChI=1S/C26H40O4/c1-23(2,29)15-30-24(3,4)21-10-9-19-18-8-7-16-13-17(27)14-22(28)26(16,6)20(18)11-12-25(19,21)5/h7-8,10,17,19-20,22,27-29H,9,11-15H2,1-6H3/t17-,19+,20+,22+,25+,26+/m1/s1. The highest BCUT2D eigenvalue weighted by Crippen LogP contribution is 2.64. The van der Waals surface area contributed by atoms with E-state index in [2.05, 4.69) is 45.9 Å². The lowest BCUT2D eigenvalue weighted by atomic mass is 9.49. The number of ether oxygens (including phenoxy) is 1. The Morgan fingerprint density at radius 3 is 2.47 bits per heavy atom. The SMILES string of the molecule is CC(C)(O)COC(C)(C)C1=CC[C@H]2C3=CC=C4C[C@@H](O)C[C@H](O)[C@]4(C)[C@H]3CC[C@]12C. The fourth-order valence-electron chi connectivity index (χ4n) is 7.00. The van der Waals surface area contributed by atoms with Crippen LogP contribution in [0.25, 0.3) is 0 Å². The van der Waals surface area contributed by atoms with Gasteiger partial charge in [0.1, 0.15) is 0 Å². The van der Waals surface area contributed by atoms with E-state index in [4.69, 9.17) is 4.74 Å². The van der Waals surface area contributed by atoms with Crippen LogP contribution in [0.3, 0.4) is 0 Å². The largest absolute Gasteiger partial charge is 0.393 e. The van der Waals surface area contributed by atoms with E-state index < -0.39 is 23.4 Å². The summed E-state index contributed by atoms with van der Waals surface area (Å²) in [7, 11) is 0. The minimum absolute atomic E-state index is 0.0340. The number of rotatable bonds is 4. The summed E-state index contributed by atoms with van der Waals surface area (Å²) in [5.41, 5.74) is 2.53. The van der Waals surface area contributed by atoms with Gasteiger partial charge in [0.2, 0.25) is 0 Å². The van der Waals surface area contributed by atoms with E-state index in [1.807, 2.05) is 0 Å². The molecule has 4 nitrogen and oxygen atoms in total. The Kier molecular flexibility index (Phi) is 5.22. The van der Waals surface area contributed by atoms with Crippen molar-refractivity contribution in [3.8, 4) is 0 Å². The summed E-state index contributed by atoms with van der Waals surface area (Å²) in [6, 6.07) is 0. The molecular weight excluding hydrogens is 376 g/mol. The van der Waals surface area contributed by atoms with Crippen molar-refractivity contribution in [2.75, 3.05) is 6.61 Å². The molecule has 2 fully saturated rings. The third-order valence-electron chi connectivity index (χ3n) is 8.67. The first-order chi connectivity index (χ1) is 13.8. The summed E-state index contributed by atoms with van der Waals surface area (Å²) in [4.78, 5) is 0. The van der Waals surface area contributed by atoms with Gasteiger partial charge in [0.25, 0.3) is 0 Å². The molecule has 0 heterocycles. The van der Waals surface area contributed by atoms with Gasteiger partial charge in [0.15, 0.2) is 0 Å². The fourth-order valence-corrected chi connectivity index (χ4v) is 7.00. The van der Waals surface area contributed by atoms with Crippen LogP contribution >= 0.6 is 0 Å². The van der Waals surface area contributed by atoms with E-state index in [-0.39, 0.29) is 10.8 Å². The van der Waals surface area contributed by atoms with Gasteiger partial charge in [0, 0.05) is 11.8 Å². The number of fused-ring (bicyclic) bond motifs is 5. The average molecular weight is 417 g/mol. The van der Waals surface area contributed by atoms with Crippen molar-refractivity contribution in [3.63, 3.8) is 0 Å². The zero-order valence-corrected chi connectivity index (χ0v) is 19.5. The van der Waals surface area contributed by atoms with Gasteiger partial charge in [-0.3, -0.25) is 0 Å². The molecule has 6 atom stereocenters. The summed E-state index contributed by atoms with van der Waals surface area (Å²) >= 11 is 0. The topological polar surface area (TPSA) is 69.9 Å². The number of allylic oxidation sites excluding steroid dienone is 4. The summed E-state index contributed by atoms with van der Waals surface area (Å²) < 4.78 is 6.25. The molecular formula is C26H40O4. The maximum atomic E-state index is 11.0. The maximum absolute atomic E-state index is 11.0. The van der Waals surface area contributed by atoms with Crippen LogP contribution in [0.15, 0.2) is 34.9 Å². The van der Waals surface area contributed by atoms with Crippen LogP contribution in [-0.4, -0.2) is 45.3 Å². The molecule has 0 aromatic carbocycles. The van der Waals surface area contributed by atoms with Gasteiger partial charge in [-0.1, -0.05) is 43.2 Å². The number of hydrogen-bond donors (Lipinski definition) is 3. The normalized spacial score (nSPS) is 41.3. The van der Waals surface area contributed by atoms with Crippen LogP contribution in [0.2, 0.25) is 0 Å². The molecule has 4 aliphatic rings. The predicted octanol–water partition coefficient (Wildman–Crippen LogP) is 4.30. The fraction of sp³-hybridized carbons (Fsp3) is 0.769. The second-order valence-corrected chi connectivity index (χ2v) is 11.8. The van der Waals surface area contributed by atoms with Gasteiger partial charge in [-0.05, 0) is 76.2 Å². The lowest BCUT2D eigenvalue weighted by Crippen LogP contribution is -2.52. The molecule has 0 aromatic rings. The second kappa shape index (κ2) is 7.03. The molecule has 0 saturated heterocycles. The lowest BCUT2D eigenvalue weighted by molar-refractivity contribution is -0.0856. The Bertz CT molecular complexity index is 798. The molecule has 168 valence electrons. The molecule has 0 bridgehead atoms. The van der Waals surface area contributed by atoms with Gasteiger partial charge in [0.05, 0.1) is 30.0 Å². The average Bonchev–Trinajstić information content (AvgIpc) is 2.99. The van der Waals surface area contributed by atoms with Gasteiger partial charge in [-0.25, -0.2) is 0 Å². The van der Waals surface area contributed by atoms with Crippen molar-refractivity contribution in [2.24, 2.45) is 22.7 Å². The molecule has 0 aliphatic heterocycles. The monoisotopic (exact) mass is 416 g/mol. The molecule has 0 aromatic heterocycles. The van der Waals surface area contributed by atoms with Crippen molar-refractivity contribution < 1.29 is 20.1 Å². The first-order valence-electron chi connectivity index (χ1n) is 11.6. The highest BCUT2D eigenvalue weighted by molar-refractivity contribution is 5.44. The van der Waals surface area contributed by atoms with Crippen molar-refractivity contribution >= 4 is 0 Å². The smallest absolute Gasteiger partial charge is 0.0842 e. The van der Waals surface area contributed by atoms with E-state index >= 15 is 0 Å². The van der Waals surface area contributed by atoms with E-state index in [0.717, 1.165) is 19.3 Å². The van der Waals surface area contributed by atoms with E-state index in [1.165, 1.54) is 16.7 Å². The molecule has 2 saturated carbocycles. The second-order valence-electron chi connectivity index (χ2n) is 11.8. The molecule has 3 N–H and O–H groups in total. The number of hydrogen-bond acceptors (Lipinski definition) is 4. The van der Waals surface area contributed by atoms with E-state index in [1.54, 1.807) is 13.8 Å². The first kappa shape index (κ1) is 22.3. The quantitative estimate of drug-likeness (QED) is 0.598. The number of aliphatic hydroxyl groups is 3. The lowest BCUT2D eigenvalue weighted by Gasteiger charge is -2.56. The number of aliphatic hydroxyl groups excluding tert-OH is 2. The molecule has 4 heteroatoms. The first-order valence-corrected chi connectivity index (χ1v) is 11.6. The summed E-state index contributed by atoms with van der Waals surface area (Å²) in [6.07, 6.45) is 10.2. The molecule has 0 radical (unpaired) electrons. The van der Waals surface area contributed by atoms with Crippen LogP contribution < -0.4 is 0 Å². The highest BCUT2D eigenvalue weighted by Gasteiger charge is 2.58. The van der Waals surface area contributed by atoms with Crippen molar-refractivity contribution in [2.45, 2.75) is 97.1 Å². The van der Waals surface area contributed by atoms with Crippen LogP contribution in [0, 0.1) is 22.7 Å². The summed E-state index contributed by atoms with van der Waals surface area (Å²) in [6.45, 7) is 12.7. The molecule has 0 spiro atoms. The Morgan fingerprint density at radius 2 is 1.80 bits per heavy atom. The Morgan fingerprint density at radius 1 is 1.10 bits per heavy atom. The third-order valence-corrected chi connectivity index (χ3v) is 8.67. The van der Waals surface area contributed by atoms with Crippen molar-refractivity contribution in [1.82, 2.24) is 0 Å². The minimum Gasteiger partial charge on any atom is -0.393 e. The maximum Gasteiger partial charge on any atom is 0.0842 e. The van der Waals surface area contributed by atoms with E-state index in [9.17, 15) is 15.3 Å². The minimum atomic E-state index is -0.849. The van der Waals surface area contributed by atoms with Crippen LogP contribution in [0.5, 0.6) is 0 Å². The van der Waals surface area contributed by atoms with Crippen LogP contribution in [-0.2, 0) is 4.74 Å². The summed E-state index contributed by atoms with van der Waals surface area (Å²) in [5, 5.41) is 31.4. The summed E-state index contributed by atoms with van der Waals surface area (Å²) in [5.74, 6) is 0.760. The van der Waals surface area contributed by atoms with Gasteiger partial charge in [-0.15, -0.1) is 0 Å². The van der Waals surface area contributed by atoms with Crippen molar-refractivity contribution in [1.29, 1.82) is 0 Å². The van der Waals surface area contributed by atoms with Gasteiger partial charge >= 0.3 is 0 Å². The zero-order valence-electron chi connectivity index (χ0n) is 19.5. The Labute approximate surface area is 181 Å². The zero-order chi connectivity index (χ0) is 22.1. The van der Waals surface area contributed by atoms with E-state index in [0.29, 0.717) is 31.3 Å². The van der Waals surface area contributed by atoms with Crippen molar-refractivity contribution in [3.05, 3.63) is 34.9 Å². The molecule has 0 unspecified atom stereocenters.